The number of carbonyl (C=O) groups excluding carboxylic acids is 2. The summed E-state index contributed by atoms with van der Waals surface area (Å²) in [4.78, 5) is 33.4. The molecule has 0 radical (unpaired) electrons. The molecule has 1 aliphatic rings. The van der Waals surface area contributed by atoms with E-state index in [0.29, 0.717) is 13.0 Å². The van der Waals surface area contributed by atoms with Gasteiger partial charge in [0, 0.05) is 6.61 Å². The molecule has 1 saturated heterocycles. The minimum Gasteiger partial charge on any atom is -0.480 e. The Morgan fingerprint density at radius 3 is 2.71 bits per heavy atom. The average molecular weight is 245 g/mol. The summed E-state index contributed by atoms with van der Waals surface area (Å²) in [6.07, 6.45) is 0.322. The second-order valence-corrected chi connectivity index (χ2v) is 3.68. The van der Waals surface area contributed by atoms with Gasteiger partial charge in [0.2, 0.25) is 5.91 Å². The fraction of sp³-hybridized carbons (Fsp3) is 0.700. The lowest BCUT2D eigenvalue weighted by molar-refractivity contribution is -0.149. The Labute approximate surface area is 98.1 Å². The fourth-order valence-electron chi connectivity index (χ4n) is 1.50. The predicted molar refractivity (Wildman–Crippen MR) is 55.2 cm³/mol. The smallest absolute Gasteiger partial charge is 0.326 e. The van der Waals surface area contributed by atoms with E-state index < -0.39 is 36.4 Å². The monoisotopic (exact) mass is 245 g/mol. The molecule has 0 bridgehead atoms. The lowest BCUT2D eigenvalue weighted by atomic mass is 10.1. The third kappa shape index (κ3) is 4.03. The Kier molecular flexibility index (Phi) is 4.89. The molecule has 7 heteroatoms. The van der Waals surface area contributed by atoms with Crippen LogP contribution in [0.25, 0.3) is 0 Å². The highest BCUT2D eigenvalue weighted by Crippen LogP contribution is 2.12. The van der Waals surface area contributed by atoms with Gasteiger partial charge in [-0.2, -0.15) is 0 Å². The first-order valence-electron chi connectivity index (χ1n) is 5.26. The van der Waals surface area contributed by atoms with Crippen molar-refractivity contribution < 1.29 is 29.0 Å². The minimum absolute atomic E-state index is 0.399. The van der Waals surface area contributed by atoms with Crippen LogP contribution in [0.2, 0.25) is 0 Å². The molecule has 0 saturated carbocycles. The van der Waals surface area contributed by atoms with E-state index in [1.165, 1.54) is 0 Å². The molecule has 1 heterocycles. The number of methoxy groups -OCH3 is 1. The number of hydrogen-bond donors (Lipinski definition) is 2. The van der Waals surface area contributed by atoms with E-state index in [9.17, 15) is 14.4 Å². The van der Waals surface area contributed by atoms with Gasteiger partial charge in [0.25, 0.3) is 0 Å². The van der Waals surface area contributed by atoms with Crippen molar-refractivity contribution in [1.82, 2.24) is 5.32 Å². The fourth-order valence-corrected chi connectivity index (χ4v) is 1.50. The molecule has 2 N–H and O–H groups in total. The number of ether oxygens (including phenoxy) is 2. The number of amides is 1. The topological polar surface area (TPSA) is 102 Å². The predicted octanol–water partition coefficient (Wildman–Crippen LogP) is -0.702. The number of carboxylic acid groups (broad SMARTS) is 1. The molecular formula is C10H15NO6. The first-order valence-corrected chi connectivity index (χ1v) is 5.26. The Hall–Kier alpha value is -1.63. The quantitative estimate of drug-likeness (QED) is 0.621. The van der Waals surface area contributed by atoms with E-state index in [2.05, 4.69) is 10.1 Å². The van der Waals surface area contributed by atoms with Gasteiger partial charge < -0.3 is 19.9 Å². The van der Waals surface area contributed by atoms with Crippen LogP contribution >= 0.6 is 0 Å². The number of hydrogen-bond acceptors (Lipinski definition) is 5. The minimum atomic E-state index is -1.28. The molecule has 1 unspecified atom stereocenters. The van der Waals surface area contributed by atoms with Gasteiger partial charge >= 0.3 is 11.9 Å². The summed E-state index contributed by atoms with van der Waals surface area (Å²) in [6, 6.07) is -1.28. The summed E-state index contributed by atoms with van der Waals surface area (Å²) in [5.74, 6) is -2.47. The first-order chi connectivity index (χ1) is 8.04. The zero-order valence-corrected chi connectivity index (χ0v) is 9.47. The van der Waals surface area contributed by atoms with Crippen molar-refractivity contribution >= 4 is 17.8 Å². The summed E-state index contributed by atoms with van der Waals surface area (Å²) in [5.41, 5.74) is 0. The maximum Gasteiger partial charge on any atom is 0.326 e. The number of aliphatic carboxylic acids is 1. The molecule has 2 atom stereocenters. The van der Waals surface area contributed by atoms with Crippen LogP contribution in [-0.4, -0.2) is 48.8 Å². The van der Waals surface area contributed by atoms with E-state index in [4.69, 9.17) is 9.84 Å². The highest BCUT2D eigenvalue weighted by molar-refractivity contribution is 5.89. The van der Waals surface area contributed by atoms with Crippen molar-refractivity contribution in [2.24, 2.45) is 0 Å². The molecule has 0 aliphatic carbocycles. The largest absolute Gasteiger partial charge is 0.480 e. The maximum absolute atomic E-state index is 11.6. The van der Waals surface area contributed by atoms with Crippen LogP contribution in [0.5, 0.6) is 0 Å². The van der Waals surface area contributed by atoms with E-state index in [1.54, 1.807) is 0 Å². The van der Waals surface area contributed by atoms with Gasteiger partial charge in [0.05, 0.1) is 13.5 Å². The summed E-state index contributed by atoms with van der Waals surface area (Å²) in [6.45, 7) is 0.493. The zero-order chi connectivity index (χ0) is 12.8. The first kappa shape index (κ1) is 13.4. The van der Waals surface area contributed by atoms with Crippen LogP contribution < -0.4 is 5.32 Å². The van der Waals surface area contributed by atoms with Gasteiger partial charge in [0.1, 0.15) is 12.1 Å². The van der Waals surface area contributed by atoms with Crippen LogP contribution in [-0.2, 0) is 23.9 Å². The summed E-state index contributed by atoms with van der Waals surface area (Å²) in [5, 5.41) is 11.1. The molecule has 1 amide bonds. The van der Waals surface area contributed by atoms with E-state index in [-0.39, 0.29) is 0 Å². The van der Waals surface area contributed by atoms with Crippen molar-refractivity contribution in [1.29, 1.82) is 0 Å². The number of carboxylic acids is 1. The maximum atomic E-state index is 11.6. The number of rotatable bonds is 5. The Morgan fingerprint density at radius 2 is 2.24 bits per heavy atom. The SMILES string of the molecule is COC(=O)C[C@H](NC(=O)C1CCCO1)C(=O)O. The van der Waals surface area contributed by atoms with Gasteiger partial charge in [-0.25, -0.2) is 4.79 Å². The second-order valence-electron chi connectivity index (χ2n) is 3.68. The van der Waals surface area contributed by atoms with Crippen LogP contribution in [0.4, 0.5) is 0 Å². The Bertz CT molecular complexity index is 310. The third-order valence-electron chi connectivity index (χ3n) is 2.44. The summed E-state index contributed by atoms with van der Waals surface area (Å²) >= 11 is 0. The number of carbonyl (C=O) groups is 3. The summed E-state index contributed by atoms with van der Waals surface area (Å²) in [7, 11) is 1.16. The highest BCUT2D eigenvalue weighted by atomic mass is 16.5. The number of esters is 1. The van der Waals surface area contributed by atoms with Gasteiger partial charge in [0.15, 0.2) is 0 Å². The average Bonchev–Trinajstić information content (AvgIpc) is 2.81. The molecule has 1 fully saturated rings. The van der Waals surface area contributed by atoms with Gasteiger partial charge in [-0.15, -0.1) is 0 Å². The molecule has 17 heavy (non-hydrogen) atoms. The second kappa shape index (κ2) is 6.19. The normalized spacial score (nSPS) is 20.6. The van der Waals surface area contributed by atoms with Crippen molar-refractivity contribution in [2.45, 2.75) is 31.4 Å². The molecule has 1 aliphatic heterocycles. The lowest BCUT2D eigenvalue weighted by Crippen LogP contribution is -2.46. The number of nitrogens with one attached hydrogen (secondary N) is 1. The standard InChI is InChI=1S/C10H15NO6/c1-16-8(12)5-6(10(14)15)11-9(13)7-3-2-4-17-7/h6-7H,2-5H2,1H3,(H,11,13)(H,14,15)/t6-,7?/m0/s1. The molecule has 1 rings (SSSR count). The highest BCUT2D eigenvalue weighted by Gasteiger charge is 2.29. The molecular weight excluding hydrogens is 230 g/mol. The van der Waals surface area contributed by atoms with E-state index >= 15 is 0 Å². The van der Waals surface area contributed by atoms with Gasteiger partial charge in [-0.05, 0) is 12.8 Å². The lowest BCUT2D eigenvalue weighted by Gasteiger charge is -2.16. The molecule has 96 valence electrons. The third-order valence-corrected chi connectivity index (χ3v) is 2.44. The van der Waals surface area contributed by atoms with Crippen LogP contribution in [0.15, 0.2) is 0 Å². The molecule has 0 aromatic carbocycles. The van der Waals surface area contributed by atoms with Crippen molar-refractivity contribution in [2.75, 3.05) is 13.7 Å². The molecule has 7 nitrogen and oxygen atoms in total. The Morgan fingerprint density at radius 1 is 1.53 bits per heavy atom. The van der Waals surface area contributed by atoms with Crippen molar-refractivity contribution in [3.8, 4) is 0 Å². The van der Waals surface area contributed by atoms with Gasteiger partial charge in [-0.1, -0.05) is 0 Å². The molecule has 0 spiro atoms. The molecule has 0 aromatic heterocycles. The van der Waals surface area contributed by atoms with Crippen LogP contribution in [0.1, 0.15) is 19.3 Å². The molecule has 0 aromatic rings. The van der Waals surface area contributed by atoms with Gasteiger partial charge in [-0.3, -0.25) is 9.59 Å². The van der Waals surface area contributed by atoms with Crippen molar-refractivity contribution in [3.63, 3.8) is 0 Å². The van der Waals surface area contributed by atoms with Crippen LogP contribution in [0, 0.1) is 0 Å². The van der Waals surface area contributed by atoms with Crippen molar-refractivity contribution in [3.05, 3.63) is 0 Å². The van der Waals surface area contributed by atoms with E-state index in [1.807, 2.05) is 0 Å². The van der Waals surface area contributed by atoms with Crippen LogP contribution in [0.3, 0.4) is 0 Å². The van der Waals surface area contributed by atoms with E-state index in [0.717, 1.165) is 13.5 Å². The summed E-state index contributed by atoms with van der Waals surface area (Å²) < 4.78 is 9.46. The zero-order valence-electron chi connectivity index (χ0n) is 9.47. The Balaban J connectivity index is 2.50.